The zero-order valence-electron chi connectivity index (χ0n) is 21.8. The molecule has 2 nitrogen and oxygen atoms in total. The van der Waals surface area contributed by atoms with Crippen molar-refractivity contribution in [3.05, 3.63) is 152 Å². The van der Waals surface area contributed by atoms with Crippen LogP contribution < -0.4 is 4.90 Å². The van der Waals surface area contributed by atoms with Gasteiger partial charge in [0.1, 0.15) is 5.58 Å². The van der Waals surface area contributed by atoms with Crippen LogP contribution in [0.15, 0.2) is 156 Å². The number of nitrogens with zero attached hydrogens (tertiary/aromatic N) is 1. The molecule has 0 bridgehead atoms. The first-order valence-corrected chi connectivity index (χ1v) is 13.6. The summed E-state index contributed by atoms with van der Waals surface area (Å²) in [4.78, 5) is 2.34. The molecule has 0 saturated carbocycles. The summed E-state index contributed by atoms with van der Waals surface area (Å²) < 4.78 is 6.68. The molecule has 0 saturated heterocycles. The summed E-state index contributed by atoms with van der Waals surface area (Å²) in [5, 5.41) is 7.08. The number of hydrogen-bond donors (Lipinski definition) is 0. The Labute approximate surface area is 232 Å². The number of rotatable bonds is 4. The van der Waals surface area contributed by atoms with Gasteiger partial charge in [0.05, 0.1) is 5.69 Å². The van der Waals surface area contributed by atoms with Crippen LogP contribution >= 0.6 is 0 Å². The highest BCUT2D eigenvalue weighted by Gasteiger charge is 2.23. The molecule has 2 heteroatoms. The molecule has 0 atom stereocenters. The predicted molar refractivity (Wildman–Crippen MR) is 169 cm³/mol. The largest absolute Gasteiger partial charge is 0.454 e. The van der Waals surface area contributed by atoms with Crippen LogP contribution in [0.25, 0.3) is 54.6 Å². The average molecular weight is 512 g/mol. The molecule has 0 radical (unpaired) electrons. The minimum Gasteiger partial charge on any atom is -0.454 e. The maximum atomic E-state index is 6.68. The molecule has 1 heterocycles. The molecule has 40 heavy (non-hydrogen) atoms. The van der Waals surface area contributed by atoms with E-state index in [-0.39, 0.29) is 0 Å². The van der Waals surface area contributed by atoms with Crippen LogP contribution in [0.4, 0.5) is 17.1 Å². The third-order valence-electron chi connectivity index (χ3n) is 7.83. The standard InChI is InChI=1S/C38H25NO/c1-3-11-26(12-4-1)27-19-22-30(23-20-27)39(29-14-5-2-6-15-29)37-33-24-21-28-13-7-8-16-31(28)34(33)25-35-32-17-9-10-18-36(32)40-38(35)37/h1-25H. The number of furan rings is 1. The second kappa shape index (κ2) is 9.14. The van der Waals surface area contributed by atoms with Gasteiger partial charge in [-0.25, -0.2) is 0 Å². The molecule has 0 unspecified atom stereocenters. The first kappa shape index (κ1) is 22.6. The molecule has 0 aliphatic carbocycles. The topological polar surface area (TPSA) is 16.4 Å². The Morgan fingerprint density at radius 1 is 0.400 bits per heavy atom. The van der Waals surface area contributed by atoms with Crippen molar-refractivity contribution in [1.82, 2.24) is 0 Å². The van der Waals surface area contributed by atoms with Crippen LogP contribution in [0.3, 0.4) is 0 Å². The second-order valence-corrected chi connectivity index (χ2v) is 10.2. The number of para-hydroxylation sites is 2. The molecule has 0 spiro atoms. The molecule has 0 fully saturated rings. The van der Waals surface area contributed by atoms with Crippen molar-refractivity contribution in [2.45, 2.75) is 0 Å². The fraction of sp³-hybridized carbons (Fsp3) is 0. The zero-order valence-corrected chi connectivity index (χ0v) is 21.8. The Morgan fingerprint density at radius 2 is 1.02 bits per heavy atom. The van der Waals surface area contributed by atoms with Gasteiger partial charge >= 0.3 is 0 Å². The lowest BCUT2D eigenvalue weighted by Gasteiger charge is -2.27. The maximum Gasteiger partial charge on any atom is 0.160 e. The molecule has 8 aromatic rings. The lowest BCUT2D eigenvalue weighted by Crippen LogP contribution is -2.11. The fourth-order valence-electron chi connectivity index (χ4n) is 5.95. The smallest absolute Gasteiger partial charge is 0.160 e. The first-order chi connectivity index (χ1) is 19.8. The second-order valence-electron chi connectivity index (χ2n) is 10.2. The van der Waals surface area contributed by atoms with E-state index in [1.54, 1.807) is 0 Å². The third-order valence-corrected chi connectivity index (χ3v) is 7.83. The Morgan fingerprint density at radius 3 is 1.82 bits per heavy atom. The Bertz CT molecular complexity index is 2140. The molecule has 0 aliphatic rings. The number of anilines is 3. The Balaban J connectivity index is 1.47. The van der Waals surface area contributed by atoms with Crippen LogP contribution in [0, 0.1) is 0 Å². The Hall–Kier alpha value is -5.34. The van der Waals surface area contributed by atoms with E-state index in [2.05, 4.69) is 150 Å². The van der Waals surface area contributed by atoms with Gasteiger partial charge in [-0.2, -0.15) is 0 Å². The van der Waals surface area contributed by atoms with Gasteiger partial charge < -0.3 is 9.32 Å². The van der Waals surface area contributed by atoms with Crippen molar-refractivity contribution in [1.29, 1.82) is 0 Å². The van der Waals surface area contributed by atoms with E-state index >= 15 is 0 Å². The Kier molecular flexibility index (Phi) is 5.17. The molecule has 0 N–H and O–H groups in total. The van der Waals surface area contributed by atoms with Crippen LogP contribution in [-0.4, -0.2) is 0 Å². The highest BCUT2D eigenvalue weighted by Crippen LogP contribution is 2.47. The third kappa shape index (κ3) is 3.58. The first-order valence-electron chi connectivity index (χ1n) is 13.6. The van der Waals surface area contributed by atoms with Crippen molar-refractivity contribution >= 4 is 60.5 Å². The molecular weight excluding hydrogens is 486 g/mol. The molecule has 7 aromatic carbocycles. The van der Waals surface area contributed by atoms with Crippen molar-refractivity contribution in [3.8, 4) is 11.1 Å². The summed E-state index contributed by atoms with van der Waals surface area (Å²) in [6, 6.07) is 53.7. The van der Waals surface area contributed by atoms with E-state index in [0.29, 0.717) is 0 Å². The zero-order chi connectivity index (χ0) is 26.5. The van der Waals surface area contributed by atoms with Crippen molar-refractivity contribution in [3.63, 3.8) is 0 Å². The average Bonchev–Trinajstić information content (AvgIpc) is 3.40. The van der Waals surface area contributed by atoms with Crippen LogP contribution in [0.5, 0.6) is 0 Å². The molecule has 8 rings (SSSR count). The quantitative estimate of drug-likeness (QED) is 0.218. The predicted octanol–water partition coefficient (Wildman–Crippen LogP) is 11.0. The minimum atomic E-state index is 0.889. The van der Waals surface area contributed by atoms with E-state index in [1.807, 2.05) is 6.07 Å². The molecule has 1 aromatic heterocycles. The highest BCUT2D eigenvalue weighted by molar-refractivity contribution is 6.24. The van der Waals surface area contributed by atoms with Gasteiger partial charge in [-0.05, 0) is 63.7 Å². The van der Waals surface area contributed by atoms with Crippen LogP contribution in [0.2, 0.25) is 0 Å². The van der Waals surface area contributed by atoms with Crippen LogP contribution in [-0.2, 0) is 0 Å². The van der Waals surface area contributed by atoms with Gasteiger partial charge in [0, 0.05) is 27.5 Å². The van der Waals surface area contributed by atoms with Gasteiger partial charge in [0.15, 0.2) is 5.58 Å². The van der Waals surface area contributed by atoms with Crippen molar-refractivity contribution in [2.75, 3.05) is 4.90 Å². The van der Waals surface area contributed by atoms with Crippen LogP contribution in [0.1, 0.15) is 0 Å². The van der Waals surface area contributed by atoms with Crippen molar-refractivity contribution < 1.29 is 4.42 Å². The van der Waals surface area contributed by atoms with E-state index in [1.165, 1.54) is 27.3 Å². The van der Waals surface area contributed by atoms with E-state index in [0.717, 1.165) is 44.4 Å². The summed E-state index contributed by atoms with van der Waals surface area (Å²) >= 11 is 0. The van der Waals surface area contributed by atoms with E-state index in [9.17, 15) is 0 Å². The van der Waals surface area contributed by atoms with Gasteiger partial charge in [-0.1, -0.05) is 115 Å². The minimum absolute atomic E-state index is 0.889. The van der Waals surface area contributed by atoms with Gasteiger partial charge in [0.2, 0.25) is 0 Å². The molecular formula is C38H25NO. The van der Waals surface area contributed by atoms with Crippen molar-refractivity contribution in [2.24, 2.45) is 0 Å². The maximum absolute atomic E-state index is 6.68. The summed E-state index contributed by atoms with van der Waals surface area (Å²) in [6.45, 7) is 0. The molecule has 0 aliphatic heterocycles. The summed E-state index contributed by atoms with van der Waals surface area (Å²) in [7, 11) is 0. The normalized spacial score (nSPS) is 11.5. The van der Waals surface area contributed by atoms with E-state index in [4.69, 9.17) is 4.42 Å². The fourth-order valence-corrected chi connectivity index (χ4v) is 5.95. The highest BCUT2D eigenvalue weighted by atomic mass is 16.3. The number of fused-ring (bicyclic) bond motifs is 6. The lowest BCUT2D eigenvalue weighted by molar-refractivity contribution is 0.669. The summed E-state index contributed by atoms with van der Waals surface area (Å²) in [5.41, 5.74) is 7.39. The summed E-state index contributed by atoms with van der Waals surface area (Å²) in [5.74, 6) is 0. The molecule has 188 valence electrons. The lowest BCUT2D eigenvalue weighted by atomic mass is 9.97. The molecule has 0 amide bonds. The van der Waals surface area contributed by atoms with Gasteiger partial charge in [-0.15, -0.1) is 0 Å². The number of benzene rings is 7. The van der Waals surface area contributed by atoms with Gasteiger partial charge in [0.25, 0.3) is 0 Å². The number of hydrogen-bond acceptors (Lipinski definition) is 2. The summed E-state index contributed by atoms with van der Waals surface area (Å²) in [6.07, 6.45) is 0. The van der Waals surface area contributed by atoms with E-state index < -0.39 is 0 Å². The monoisotopic (exact) mass is 511 g/mol. The van der Waals surface area contributed by atoms with Gasteiger partial charge in [-0.3, -0.25) is 0 Å². The SMILES string of the molecule is c1ccc(-c2ccc(N(c3ccccc3)c3c4ccc5ccccc5c4cc4c3oc3ccccc34)cc2)cc1.